The first-order valence-corrected chi connectivity index (χ1v) is 10.00. The van der Waals surface area contributed by atoms with Crippen LogP contribution >= 0.6 is 0 Å². The number of nitrogens with zero attached hydrogens (tertiary/aromatic N) is 2. The second kappa shape index (κ2) is 7.29. The number of methoxy groups -OCH3 is 1. The van der Waals surface area contributed by atoms with Crippen LogP contribution in [0, 0.1) is 11.7 Å². The molecule has 2 fully saturated rings. The summed E-state index contributed by atoms with van der Waals surface area (Å²) in [7, 11) is -2.47. The van der Waals surface area contributed by atoms with Crippen molar-refractivity contribution in [1.82, 2.24) is 9.21 Å². The highest BCUT2D eigenvalue weighted by Crippen LogP contribution is 2.29. The molecule has 1 amide bonds. The fraction of sp³-hybridized carbons (Fsp3) is 0.588. The summed E-state index contributed by atoms with van der Waals surface area (Å²) in [4.78, 5) is 14.0. The number of amides is 1. The van der Waals surface area contributed by atoms with E-state index in [9.17, 15) is 17.6 Å². The number of benzene rings is 1. The van der Waals surface area contributed by atoms with Gasteiger partial charge in [0.05, 0.1) is 12.0 Å². The molecule has 0 N–H and O–H groups in total. The molecule has 1 heterocycles. The van der Waals surface area contributed by atoms with Gasteiger partial charge in [-0.1, -0.05) is 6.42 Å². The third-order valence-corrected chi connectivity index (χ3v) is 6.88. The van der Waals surface area contributed by atoms with Crippen molar-refractivity contribution in [3.63, 3.8) is 0 Å². The van der Waals surface area contributed by atoms with E-state index in [1.54, 1.807) is 4.90 Å². The molecule has 0 atom stereocenters. The van der Waals surface area contributed by atoms with Gasteiger partial charge in [-0.15, -0.1) is 0 Å². The van der Waals surface area contributed by atoms with Crippen LogP contribution in [0.2, 0.25) is 0 Å². The minimum Gasteiger partial charge on any atom is -0.494 e. The Kier molecular flexibility index (Phi) is 5.29. The van der Waals surface area contributed by atoms with Gasteiger partial charge in [0.15, 0.2) is 11.6 Å². The Morgan fingerprint density at radius 2 is 1.92 bits per heavy atom. The van der Waals surface area contributed by atoms with Crippen molar-refractivity contribution in [3.8, 4) is 5.75 Å². The van der Waals surface area contributed by atoms with Gasteiger partial charge in [-0.3, -0.25) is 4.79 Å². The fourth-order valence-electron chi connectivity index (χ4n) is 3.22. The first kappa shape index (κ1) is 18.1. The van der Waals surface area contributed by atoms with Crippen LogP contribution in [-0.2, 0) is 14.8 Å². The lowest BCUT2D eigenvalue weighted by molar-refractivity contribution is -0.138. The maximum atomic E-state index is 13.9. The first-order chi connectivity index (χ1) is 11.9. The SMILES string of the molecule is COc1ccc(S(=O)(=O)N2CCCN(C(=O)C3CCC3)CC2)cc1F. The molecule has 2 aliphatic rings. The van der Waals surface area contributed by atoms with E-state index in [4.69, 9.17) is 4.74 Å². The van der Waals surface area contributed by atoms with Gasteiger partial charge >= 0.3 is 0 Å². The van der Waals surface area contributed by atoms with Crippen molar-refractivity contribution in [2.75, 3.05) is 33.3 Å². The van der Waals surface area contributed by atoms with Gasteiger partial charge in [-0.05, 0) is 37.5 Å². The molecule has 0 spiro atoms. The van der Waals surface area contributed by atoms with Crippen molar-refractivity contribution in [2.24, 2.45) is 5.92 Å². The molecule has 3 rings (SSSR count). The molecule has 1 aliphatic heterocycles. The van der Waals surface area contributed by atoms with Crippen molar-refractivity contribution in [3.05, 3.63) is 24.0 Å². The van der Waals surface area contributed by atoms with Crippen LogP contribution in [0.1, 0.15) is 25.7 Å². The van der Waals surface area contributed by atoms with Gasteiger partial charge in [-0.25, -0.2) is 12.8 Å². The summed E-state index contributed by atoms with van der Waals surface area (Å²) in [6.07, 6.45) is 3.54. The predicted molar refractivity (Wildman–Crippen MR) is 90.2 cm³/mol. The van der Waals surface area contributed by atoms with Crippen molar-refractivity contribution >= 4 is 15.9 Å². The number of hydrogen-bond acceptors (Lipinski definition) is 4. The average Bonchev–Trinajstić information content (AvgIpc) is 2.79. The molecular weight excluding hydrogens is 347 g/mol. The summed E-state index contributed by atoms with van der Waals surface area (Å²) < 4.78 is 45.6. The van der Waals surface area contributed by atoms with E-state index in [1.807, 2.05) is 0 Å². The van der Waals surface area contributed by atoms with Gasteiger partial charge in [0.25, 0.3) is 0 Å². The summed E-state index contributed by atoms with van der Waals surface area (Å²) in [6, 6.07) is 3.64. The number of ether oxygens (including phenoxy) is 1. The molecule has 1 aromatic carbocycles. The Bertz CT molecular complexity index is 749. The number of rotatable bonds is 4. The molecule has 0 radical (unpaired) electrons. The van der Waals surface area contributed by atoms with E-state index in [2.05, 4.69) is 0 Å². The highest BCUT2D eigenvalue weighted by Gasteiger charge is 2.33. The second-order valence-electron chi connectivity index (χ2n) is 6.51. The zero-order chi connectivity index (χ0) is 18.0. The molecule has 8 heteroatoms. The summed E-state index contributed by atoms with van der Waals surface area (Å²) in [5.41, 5.74) is 0. The summed E-state index contributed by atoms with van der Waals surface area (Å²) in [6.45, 7) is 1.50. The van der Waals surface area contributed by atoms with Crippen LogP contribution < -0.4 is 4.74 Å². The van der Waals surface area contributed by atoms with E-state index in [0.29, 0.717) is 26.1 Å². The Hall–Kier alpha value is -1.67. The van der Waals surface area contributed by atoms with Crippen LogP contribution in [0.5, 0.6) is 5.75 Å². The minimum absolute atomic E-state index is 0.00656. The lowest BCUT2D eigenvalue weighted by atomic mass is 9.84. The molecule has 1 saturated heterocycles. The minimum atomic E-state index is -3.79. The number of carbonyl (C=O) groups is 1. The smallest absolute Gasteiger partial charge is 0.243 e. The van der Waals surface area contributed by atoms with Gasteiger partial charge in [0, 0.05) is 32.1 Å². The Morgan fingerprint density at radius 3 is 2.52 bits per heavy atom. The maximum Gasteiger partial charge on any atom is 0.243 e. The van der Waals surface area contributed by atoms with E-state index >= 15 is 0 Å². The van der Waals surface area contributed by atoms with Crippen LogP contribution in [0.25, 0.3) is 0 Å². The molecule has 0 bridgehead atoms. The fourth-order valence-corrected chi connectivity index (χ4v) is 4.71. The van der Waals surface area contributed by atoms with Gasteiger partial charge in [0.2, 0.25) is 15.9 Å². The summed E-state index contributed by atoms with van der Waals surface area (Å²) >= 11 is 0. The zero-order valence-corrected chi connectivity index (χ0v) is 15.1. The lowest BCUT2D eigenvalue weighted by Gasteiger charge is -2.31. The monoisotopic (exact) mass is 370 g/mol. The average molecular weight is 370 g/mol. The highest BCUT2D eigenvalue weighted by atomic mass is 32.2. The summed E-state index contributed by atoms with van der Waals surface area (Å²) in [5.74, 6) is -0.452. The van der Waals surface area contributed by atoms with E-state index in [-0.39, 0.29) is 29.0 Å². The third-order valence-electron chi connectivity index (χ3n) is 4.98. The molecule has 1 aliphatic carbocycles. The van der Waals surface area contributed by atoms with Crippen molar-refractivity contribution in [1.29, 1.82) is 0 Å². The Morgan fingerprint density at radius 1 is 1.16 bits per heavy atom. The molecule has 6 nitrogen and oxygen atoms in total. The molecular formula is C17H23FN2O4S. The molecule has 1 aromatic rings. The molecule has 0 unspecified atom stereocenters. The van der Waals surface area contributed by atoms with Crippen LogP contribution in [0.15, 0.2) is 23.1 Å². The van der Waals surface area contributed by atoms with Crippen molar-refractivity contribution < 1.29 is 22.3 Å². The Labute approximate surface area is 147 Å². The van der Waals surface area contributed by atoms with Gasteiger partial charge < -0.3 is 9.64 Å². The van der Waals surface area contributed by atoms with Crippen molar-refractivity contribution in [2.45, 2.75) is 30.6 Å². The lowest BCUT2D eigenvalue weighted by Crippen LogP contribution is -2.41. The van der Waals surface area contributed by atoms with Crippen LogP contribution in [0.3, 0.4) is 0 Å². The van der Waals surface area contributed by atoms with E-state index in [0.717, 1.165) is 25.3 Å². The number of sulfonamides is 1. The second-order valence-corrected chi connectivity index (χ2v) is 8.45. The van der Waals surface area contributed by atoms with E-state index < -0.39 is 15.8 Å². The normalized spacial score (nSPS) is 20.0. The maximum absolute atomic E-state index is 13.9. The first-order valence-electron chi connectivity index (χ1n) is 8.56. The topological polar surface area (TPSA) is 66.9 Å². The number of hydrogen-bond donors (Lipinski definition) is 0. The van der Waals surface area contributed by atoms with Crippen LogP contribution in [0.4, 0.5) is 4.39 Å². The van der Waals surface area contributed by atoms with Crippen LogP contribution in [-0.4, -0.2) is 56.8 Å². The quantitative estimate of drug-likeness (QED) is 0.811. The standard InChI is InChI=1S/C17H23FN2O4S/c1-24-16-7-6-14(12-15(16)18)25(22,23)20-9-3-8-19(10-11-20)17(21)13-4-2-5-13/h6-7,12-13H,2-5,8-11H2,1H3. The Balaban J connectivity index is 1.72. The highest BCUT2D eigenvalue weighted by molar-refractivity contribution is 7.89. The molecule has 138 valence electrons. The zero-order valence-electron chi connectivity index (χ0n) is 14.3. The summed E-state index contributed by atoms with van der Waals surface area (Å²) in [5, 5.41) is 0. The largest absolute Gasteiger partial charge is 0.494 e. The van der Waals surface area contributed by atoms with E-state index in [1.165, 1.54) is 23.5 Å². The molecule has 1 saturated carbocycles. The van der Waals surface area contributed by atoms with Gasteiger partial charge in [-0.2, -0.15) is 4.31 Å². The van der Waals surface area contributed by atoms with Gasteiger partial charge in [0.1, 0.15) is 0 Å². The predicted octanol–water partition coefficient (Wildman–Crippen LogP) is 1.86. The third kappa shape index (κ3) is 3.64. The molecule has 0 aromatic heterocycles. The number of halogens is 1. The number of carbonyl (C=O) groups excluding carboxylic acids is 1. The molecule has 25 heavy (non-hydrogen) atoms.